The van der Waals surface area contributed by atoms with E-state index in [9.17, 15) is 9.90 Å². The molecule has 1 atom stereocenters. The number of para-hydroxylation sites is 1. The Labute approximate surface area is 120 Å². The number of fused-ring (bicyclic) bond motifs is 1. The molecule has 1 aromatic carbocycles. The number of aliphatic carboxylic acids is 1. The molecule has 1 aliphatic heterocycles. The highest BCUT2D eigenvalue weighted by atomic mass is 16.5. The Balaban J connectivity index is 2.69. The summed E-state index contributed by atoms with van der Waals surface area (Å²) in [4.78, 5) is 14.2. The fourth-order valence-corrected chi connectivity index (χ4v) is 3.31. The number of hydrogen-bond acceptors (Lipinski definition) is 3. The maximum absolute atomic E-state index is 12.2. The predicted molar refractivity (Wildman–Crippen MR) is 78.0 cm³/mol. The molecule has 110 valence electrons. The van der Waals surface area contributed by atoms with Gasteiger partial charge in [0.15, 0.2) is 5.54 Å². The normalized spacial score (nSPS) is 24.1. The summed E-state index contributed by atoms with van der Waals surface area (Å²) in [6.07, 6.45) is 0.439. The second-order valence-corrected chi connectivity index (χ2v) is 5.87. The van der Waals surface area contributed by atoms with Crippen molar-refractivity contribution in [1.82, 2.24) is 4.90 Å². The molecular weight excluding hydrogens is 254 g/mol. The number of ether oxygens (including phenoxy) is 1. The molecule has 0 fully saturated rings. The van der Waals surface area contributed by atoms with Gasteiger partial charge in [0.1, 0.15) is 11.4 Å². The van der Waals surface area contributed by atoms with Crippen LogP contribution < -0.4 is 4.74 Å². The number of nitrogens with zero attached hydrogens (tertiary/aromatic N) is 1. The van der Waals surface area contributed by atoms with Crippen LogP contribution in [0, 0.1) is 0 Å². The molecule has 0 aliphatic carbocycles. The Morgan fingerprint density at radius 2 is 1.90 bits per heavy atom. The largest absolute Gasteiger partial charge is 0.487 e. The Hall–Kier alpha value is -1.55. The minimum atomic E-state index is -1.01. The SMILES string of the molecule is CCN(CC)C1(C(=O)O)CC(C)(C)Oc2ccccc21. The lowest BCUT2D eigenvalue weighted by atomic mass is 9.76. The molecule has 0 saturated heterocycles. The summed E-state index contributed by atoms with van der Waals surface area (Å²) in [6, 6.07) is 7.49. The lowest BCUT2D eigenvalue weighted by molar-refractivity contribution is -0.159. The summed E-state index contributed by atoms with van der Waals surface area (Å²) >= 11 is 0. The van der Waals surface area contributed by atoms with Gasteiger partial charge < -0.3 is 9.84 Å². The fourth-order valence-electron chi connectivity index (χ4n) is 3.31. The van der Waals surface area contributed by atoms with Crippen molar-refractivity contribution in [2.75, 3.05) is 13.1 Å². The first-order chi connectivity index (χ1) is 9.37. The van der Waals surface area contributed by atoms with Crippen molar-refractivity contribution in [3.8, 4) is 5.75 Å². The highest BCUT2D eigenvalue weighted by molar-refractivity contribution is 5.82. The number of carboxylic acids is 1. The molecule has 1 aliphatic rings. The zero-order valence-corrected chi connectivity index (χ0v) is 12.6. The molecule has 1 heterocycles. The van der Waals surface area contributed by atoms with Gasteiger partial charge in [0, 0.05) is 12.0 Å². The van der Waals surface area contributed by atoms with Crippen LogP contribution >= 0.6 is 0 Å². The van der Waals surface area contributed by atoms with E-state index >= 15 is 0 Å². The highest BCUT2D eigenvalue weighted by Gasteiger charge is 2.53. The van der Waals surface area contributed by atoms with Crippen molar-refractivity contribution in [2.45, 2.75) is 45.3 Å². The maximum atomic E-state index is 12.2. The van der Waals surface area contributed by atoms with Crippen molar-refractivity contribution in [1.29, 1.82) is 0 Å². The molecule has 1 unspecified atom stereocenters. The average molecular weight is 277 g/mol. The van der Waals surface area contributed by atoms with Crippen LogP contribution in [0.25, 0.3) is 0 Å². The smallest absolute Gasteiger partial charge is 0.329 e. The lowest BCUT2D eigenvalue weighted by Gasteiger charge is -2.48. The molecule has 1 N–H and O–H groups in total. The molecule has 1 aromatic rings. The third kappa shape index (κ3) is 2.18. The summed E-state index contributed by atoms with van der Waals surface area (Å²) in [5.74, 6) is -0.122. The van der Waals surface area contributed by atoms with Gasteiger partial charge in [-0.25, -0.2) is 4.79 Å². The molecule has 0 saturated carbocycles. The Bertz CT molecular complexity index is 508. The molecule has 0 radical (unpaired) electrons. The van der Waals surface area contributed by atoms with Crippen molar-refractivity contribution >= 4 is 5.97 Å². The average Bonchev–Trinajstić information content (AvgIpc) is 2.38. The Morgan fingerprint density at radius 1 is 1.30 bits per heavy atom. The number of benzene rings is 1. The number of likely N-dealkylation sites (N-methyl/N-ethyl adjacent to an activating group) is 1. The lowest BCUT2D eigenvalue weighted by Crippen LogP contribution is -2.58. The summed E-state index contributed by atoms with van der Waals surface area (Å²) in [6.45, 7) is 9.27. The molecule has 20 heavy (non-hydrogen) atoms. The van der Waals surface area contributed by atoms with E-state index in [1.165, 1.54) is 0 Å². The van der Waals surface area contributed by atoms with Crippen molar-refractivity contribution in [3.63, 3.8) is 0 Å². The quantitative estimate of drug-likeness (QED) is 0.919. The first-order valence-corrected chi connectivity index (χ1v) is 7.14. The molecule has 4 nitrogen and oxygen atoms in total. The summed E-state index contributed by atoms with van der Waals surface area (Å²) < 4.78 is 5.97. The van der Waals surface area contributed by atoms with Gasteiger partial charge in [0.2, 0.25) is 0 Å². The van der Waals surface area contributed by atoms with Crippen LogP contribution in [0.4, 0.5) is 0 Å². The van der Waals surface area contributed by atoms with Gasteiger partial charge >= 0.3 is 5.97 Å². The molecule has 0 amide bonds. The molecule has 0 bridgehead atoms. The van der Waals surface area contributed by atoms with Gasteiger partial charge in [-0.3, -0.25) is 4.90 Å². The van der Waals surface area contributed by atoms with Crippen LogP contribution in [0.5, 0.6) is 5.75 Å². The number of rotatable bonds is 4. The van der Waals surface area contributed by atoms with E-state index in [-0.39, 0.29) is 0 Å². The van der Waals surface area contributed by atoms with E-state index in [1.807, 2.05) is 56.9 Å². The van der Waals surface area contributed by atoms with Crippen molar-refractivity contribution in [2.24, 2.45) is 0 Å². The molecular formula is C16H23NO3. The van der Waals surface area contributed by atoms with Gasteiger partial charge in [0.05, 0.1) is 0 Å². The summed E-state index contributed by atoms with van der Waals surface area (Å²) in [5.41, 5.74) is -0.757. The molecule has 4 heteroatoms. The molecule has 2 rings (SSSR count). The standard InChI is InChI=1S/C16H23NO3/c1-5-17(6-2)16(14(18)19)11-15(3,4)20-13-10-8-7-9-12(13)16/h7-10H,5-6,11H2,1-4H3,(H,18,19). The predicted octanol–water partition coefficient (Wildman–Crippen LogP) is 2.87. The Morgan fingerprint density at radius 3 is 2.45 bits per heavy atom. The third-order valence-electron chi connectivity index (χ3n) is 4.06. The summed E-state index contributed by atoms with van der Waals surface area (Å²) in [7, 11) is 0. The van der Waals surface area contributed by atoms with Crippen LogP contribution in [-0.4, -0.2) is 34.7 Å². The number of hydrogen-bond donors (Lipinski definition) is 1. The second-order valence-electron chi connectivity index (χ2n) is 5.87. The van der Waals surface area contributed by atoms with E-state index in [0.29, 0.717) is 25.3 Å². The summed E-state index contributed by atoms with van der Waals surface area (Å²) in [5, 5.41) is 10.0. The van der Waals surface area contributed by atoms with Crippen LogP contribution in [-0.2, 0) is 10.3 Å². The number of carbonyl (C=O) groups is 1. The topological polar surface area (TPSA) is 49.8 Å². The first kappa shape index (κ1) is 14.9. The van der Waals surface area contributed by atoms with E-state index in [0.717, 1.165) is 5.56 Å². The molecule has 0 aromatic heterocycles. The van der Waals surface area contributed by atoms with Gasteiger partial charge in [-0.15, -0.1) is 0 Å². The second kappa shape index (κ2) is 5.09. The van der Waals surface area contributed by atoms with Gasteiger partial charge in [-0.05, 0) is 33.0 Å². The first-order valence-electron chi connectivity index (χ1n) is 7.14. The van der Waals surface area contributed by atoms with E-state index < -0.39 is 17.1 Å². The van der Waals surface area contributed by atoms with Gasteiger partial charge in [-0.2, -0.15) is 0 Å². The highest BCUT2D eigenvalue weighted by Crippen LogP contribution is 2.47. The van der Waals surface area contributed by atoms with Crippen molar-refractivity contribution in [3.05, 3.63) is 29.8 Å². The molecule has 0 spiro atoms. The van der Waals surface area contributed by atoms with Crippen LogP contribution in [0.3, 0.4) is 0 Å². The van der Waals surface area contributed by atoms with E-state index in [4.69, 9.17) is 4.74 Å². The monoisotopic (exact) mass is 277 g/mol. The van der Waals surface area contributed by atoms with E-state index in [1.54, 1.807) is 0 Å². The minimum Gasteiger partial charge on any atom is -0.487 e. The third-order valence-corrected chi connectivity index (χ3v) is 4.06. The van der Waals surface area contributed by atoms with Crippen LogP contribution in [0.2, 0.25) is 0 Å². The zero-order chi connectivity index (χ0) is 15.0. The van der Waals surface area contributed by atoms with Crippen LogP contribution in [0.1, 0.15) is 39.7 Å². The van der Waals surface area contributed by atoms with E-state index in [2.05, 4.69) is 0 Å². The fraction of sp³-hybridized carbons (Fsp3) is 0.562. The van der Waals surface area contributed by atoms with Gasteiger partial charge in [-0.1, -0.05) is 32.0 Å². The van der Waals surface area contributed by atoms with Crippen molar-refractivity contribution < 1.29 is 14.6 Å². The van der Waals surface area contributed by atoms with Gasteiger partial charge in [0.25, 0.3) is 0 Å². The Kier molecular flexibility index (Phi) is 3.78. The zero-order valence-electron chi connectivity index (χ0n) is 12.6. The number of carboxylic acid groups (broad SMARTS) is 1. The van der Waals surface area contributed by atoms with Crippen LogP contribution in [0.15, 0.2) is 24.3 Å². The maximum Gasteiger partial charge on any atom is 0.329 e. The minimum absolute atomic E-state index is 0.439.